The average molecular weight is 941 g/mol. The van der Waals surface area contributed by atoms with Gasteiger partial charge in [0, 0.05) is 12.8 Å². The second-order valence-electron chi connectivity index (χ2n) is 20.0. The third-order valence-electron chi connectivity index (χ3n) is 13.4. The number of aliphatic hydroxyl groups is 2. The molecule has 6 heteroatoms. The van der Waals surface area contributed by atoms with Crippen molar-refractivity contribution in [2.75, 3.05) is 13.2 Å². The number of ether oxygens (including phenoxy) is 1. The van der Waals surface area contributed by atoms with Gasteiger partial charge in [0.2, 0.25) is 5.91 Å². The lowest BCUT2D eigenvalue weighted by atomic mass is 10.0. The van der Waals surface area contributed by atoms with E-state index in [2.05, 4.69) is 67.8 Å². The monoisotopic (exact) mass is 940 g/mol. The van der Waals surface area contributed by atoms with Crippen molar-refractivity contribution in [3.8, 4) is 0 Å². The number of esters is 1. The standard InChI is InChI=1S/C61H113NO5/c1-3-5-7-9-11-13-15-16-17-18-25-28-31-35-39-43-47-51-55-61(66)67-56-52-48-44-40-36-32-29-26-23-21-19-20-22-24-27-30-34-38-42-46-50-54-60(65)62-58(57-63)59(64)53-49-45-41-37-33-14-12-10-8-6-4-2/h13,15,17-18,32,36,44,48,58-59,63-64H,3-12,14,16,19-31,33-35,37-43,45-47,49-57H2,1-2H3,(H,62,65)/b15-13-,18-17-,36-32-,48-44-. The van der Waals surface area contributed by atoms with Gasteiger partial charge in [-0.2, -0.15) is 0 Å². The van der Waals surface area contributed by atoms with Gasteiger partial charge in [-0.25, -0.2) is 0 Å². The lowest BCUT2D eigenvalue weighted by molar-refractivity contribution is -0.143. The van der Waals surface area contributed by atoms with Crippen LogP contribution in [0.5, 0.6) is 0 Å². The second-order valence-corrected chi connectivity index (χ2v) is 20.0. The van der Waals surface area contributed by atoms with Crippen LogP contribution in [0.1, 0.15) is 303 Å². The molecule has 1 amide bonds. The van der Waals surface area contributed by atoms with E-state index in [-0.39, 0.29) is 18.5 Å². The summed E-state index contributed by atoms with van der Waals surface area (Å²) in [5.41, 5.74) is 0. The van der Waals surface area contributed by atoms with Crippen LogP contribution in [0, 0.1) is 0 Å². The van der Waals surface area contributed by atoms with Crippen molar-refractivity contribution in [1.29, 1.82) is 0 Å². The van der Waals surface area contributed by atoms with Crippen LogP contribution >= 0.6 is 0 Å². The van der Waals surface area contributed by atoms with Crippen molar-refractivity contribution < 1.29 is 24.5 Å². The van der Waals surface area contributed by atoms with Gasteiger partial charge in [0.05, 0.1) is 25.4 Å². The molecule has 392 valence electrons. The number of unbranched alkanes of at least 4 members (excludes halogenated alkanes) is 35. The summed E-state index contributed by atoms with van der Waals surface area (Å²) in [6.45, 7) is 4.82. The summed E-state index contributed by atoms with van der Waals surface area (Å²) in [6, 6.07) is -0.545. The molecule has 0 radical (unpaired) electrons. The molecule has 6 nitrogen and oxygen atoms in total. The number of carbonyl (C=O) groups is 2. The van der Waals surface area contributed by atoms with E-state index in [0.717, 1.165) is 57.8 Å². The number of allylic oxidation sites excluding steroid dienone is 7. The summed E-state index contributed by atoms with van der Waals surface area (Å²) in [6.07, 6.45) is 71.2. The highest BCUT2D eigenvalue weighted by molar-refractivity contribution is 5.76. The molecule has 0 rings (SSSR count). The van der Waals surface area contributed by atoms with Crippen LogP contribution in [0.25, 0.3) is 0 Å². The summed E-state index contributed by atoms with van der Waals surface area (Å²) in [4.78, 5) is 24.5. The molecule has 0 bridgehead atoms. The van der Waals surface area contributed by atoms with Gasteiger partial charge in [-0.05, 0) is 77.0 Å². The van der Waals surface area contributed by atoms with E-state index in [1.165, 1.54) is 212 Å². The molecule has 0 aliphatic rings. The average Bonchev–Trinajstić information content (AvgIpc) is 3.33. The molecule has 0 saturated carbocycles. The molecule has 67 heavy (non-hydrogen) atoms. The molecule has 0 aliphatic carbocycles. The number of aliphatic hydroxyl groups excluding tert-OH is 2. The number of hydrogen-bond donors (Lipinski definition) is 3. The number of amides is 1. The minimum absolute atomic E-state index is 0.0413. The summed E-state index contributed by atoms with van der Waals surface area (Å²) in [7, 11) is 0. The molecular weight excluding hydrogens is 827 g/mol. The Bertz CT molecular complexity index is 1130. The molecule has 0 aromatic heterocycles. The summed E-state index contributed by atoms with van der Waals surface area (Å²) < 4.78 is 5.42. The highest BCUT2D eigenvalue weighted by Gasteiger charge is 2.20. The molecule has 0 aliphatic heterocycles. The van der Waals surface area contributed by atoms with Crippen LogP contribution in [0.2, 0.25) is 0 Å². The van der Waals surface area contributed by atoms with Gasteiger partial charge < -0.3 is 20.3 Å². The van der Waals surface area contributed by atoms with Gasteiger partial charge in [0.25, 0.3) is 0 Å². The number of hydrogen-bond acceptors (Lipinski definition) is 5. The minimum atomic E-state index is -0.667. The van der Waals surface area contributed by atoms with Crippen LogP contribution in [0.4, 0.5) is 0 Å². The molecule has 0 saturated heterocycles. The largest absolute Gasteiger partial charge is 0.465 e. The number of carbonyl (C=O) groups excluding carboxylic acids is 2. The molecule has 2 unspecified atom stereocenters. The van der Waals surface area contributed by atoms with E-state index in [9.17, 15) is 19.8 Å². The van der Waals surface area contributed by atoms with Crippen molar-refractivity contribution in [3.05, 3.63) is 48.6 Å². The zero-order chi connectivity index (χ0) is 48.6. The predicted molar refractivity (Wildman–Crippen MR) is 292 cm³/mol. The maximum atomic E-state index is 12.4. The van der Waals surface area contributed by atoms with Gasteiger partial charge in [0.1, 0.15) is 0 Å². The van der Waals surface area contributed by atoms with E-state index in [0.29, 0.717) is 25.9 Å². The van der Waals surface area contributed by atoms with Crippen LogP contribution in [0.3, 0.4) is 0 Å². The first-order chi connectivity index (χ1) is 33.0. The third-order valence-corrected chi connectivity index (χ3v) is 13.4. The Kier molecular flexibility index (Phi) is 54.6. The first-order valence-corrected chi connectivity index (χ1v) is 29.4. The lowest BCUT2D eigenvalue weighted by Crippen LogP contribution is -2.45. The quantitative estimate of drug-likeness (QED) is 0.0321. The maximum Gasteiger partial charge on any atom is 0.305 e. The van der Waals surface area contributed by atoms with Gasteiger partial charge >= 0.3 is 5.97 Å². The SMILES string of the molecule is CCCCCC/C=C\C/C=C\CCCCCCCCCC(=O)OCC/C=C\C/C=C\CCCCCCCCCCCCCCCCC(=O)NC(CO)C(O)CCCCCCCCCCCCC. The van der Waals surface area contributed by atoms with Gasteiger partial charge in [-0.3, -0.25) is 9.59 Å². The van der Waals surface area contributed by atoms with Crippen LogP contribution in [-0.4, -0.2) is 47.4 Å². The summed E-state index contributed by atoms with van der Waals surface area (Å²) in [5.74, 6) is -0.0843. The minimum Gasteiger partial charge on any atom is -0.465 e. The van der Waals surface area contributed by atoms with Crippen LogP contribution in [0.15, 0.2) is 48.6 Å². The summed E-state index contributed by atoms with van der Waals surface area (Å²) >= 11 is 0. The van der Waals surface area contributed by atoms with E-state index < -0.39 is 12.1 Å². The Labute approximate surface area is 416 Å². The fourth-order valence-electron chi connectivity index (χ4n) is 8.86. The van der Waals surface area contributed by atoms with Crippen molar-refractivity contribution >= 4 is 11.9 Å². The first kappa shape index (κ1) is 64.8. The molecule has 3 N–H and O–H groups in total. The normalized spacial score (nSPS) is 13.0. The van der Waals surface area contributed by atoms with Gasteiger partial charge in [-0.1, -0.05) is 262 Å². The maximum absolute atomic E-state index is 12.4. The molecule has 0 spiro atoms. The van der Waals surface area contributed by atoms with Crippen molar-refractivity contribution in [2.45, 2.75) is 315 Å². The zero-order valence-corrected chi connectivity index (χ0v) is 44.6. The van der Waals surface area contributed by atoms with Crippen molar-refractivity contribution in [2.24, 2.45) is 0 Å². The second kappa shape index (κ2) is 56.4. The molecule has 0 heterocycles. The number of nitrogens with one attached hydrogen (secondary N) is 1. The van der Waals surface area contributed by atoms with Crippen molar-refractivity contribution in [3.63, 3.8) is 0 Å². The molecule has 0 fully saturated rings. The smallest absolute Gasteiger partial charge is 0.305 e. The molecule has 2 atom stereocenters. The Morgan fingerprint density at radius 1 is 0.418 bits per heavy atom. The first-order valence-electron chi connectivity index (χ1n) is 29.4. The Morgan fingerprint density at radius 3 is 1.15 bits per heavy atom. The fourth-order valence-corrected chi connectivity index (χ4v) is 8.86. The Balaban J connectivity index is 3.45. The molecule has 0 aromatic carbocycles. The Hall–Kier alpha value is -2.18. The van der Waals surface area contributed by atoms with Crippen molar-refractivity contribution in [1.82, 2.24) is 5.32 Å². The van der Waals surface area contributed by atoms with E-state index in [1.807, 2.05) is 0 Å². The highest BCUT2D eigenvalue weighted by Crippen LogP contribution is 2.17. The van der Waals surface area contributed by atoms with Crippen LogP contribution < -0.4 is 5.32 Å². The van der Waals surface area contributed by atoms with E-state index in [4.69, 9.17) is 4.74 Å². The Morgan fingerprint density at radius 2 is 0.746 bits per heavy atom. The highest BCUT2D eigenvalue weighted by atomic mass is 16.5. The van der Waals surface area contributed by atoms with E-state index in [1.54, 1.807) is 0 Å². The van der Waals surface area contributed by atoms with Crippen LogP contribution in [-0.2, 0) is 14.3 Å². The third kappa shape index (κ3) is 53.0. The topological polar surface area (TPSA) is 95.9 Å². The lowest BCUT2D eigenvalue weighted by Gasteiger charge is -2.22. The van der Waals surface area contributed by atoms with E-state index >= 15 is 0 Å². The predicted octanol–water partition coefficient (Wildman–Crippen LogP) is 18.2. The fraction of sp³-hybridized carbons (Fsp3) is 0.836. The zero-order valence-electron chi connectivity index (χ0n) is 44.6. The van der Waals surface area contributed by atoms with Gasteiger partial charge in [-0.15, -0.1) is 0 Å². The van der Waals surface area contributed by atoms with Gasteiger partial charge in [0.15, 0.2) is 0 Å². The molecular formula is C61H113NO5. The summed E-state index contributed by atoms with van der Waals surface area (Å²) in [5, 5.41) is 23.2. The number of rotatable bonds is 54. The molecule has 0 aromatic rings.